The molecule has 0 atom stereocenters. The highest BCUT2D eigenvalue weighted by atomic mass is 35.5. The molecule has 2 aromatic rings. The highest BCUT2D eigenvalue weighted by molar-refractivity contribution is 8.15. The molecule has 0 radical (unpaired) electrons. The highest BCUT2D eigenvalue weighted by Gasteiger charge is 2.31. The number of carbonyl (C=O) groups is 2. The lowest BCUT2D eigenvalue weighted by Crippen LogP contribution is -2.40. The Balaban J connectivity index is 1.47. The van der Waals surface area contributed by atoms with E-state index >= 15 is 0 Å². The van der Waals surface area contributed by atoms with Gasteiger partial charge in [0, 0.05) is 18.7 Å². The van der Waals surface area contributed by atoms with Gasteiger partial charge in [0.2, 0.25) is 15.9 Å². The number of benzene rings is 2. The summed E-state index contributed by atoms with van der Waals surface area (Å²) in [6, 6.07) is 12.5. The molecule has 168 valence electrons. The van der Waals surface area contributed by atoms with Crippen LogP contribution in [0.2, 0.25) is 5.02 Å². The molecule has 0 bridgehead atoms. The highest BCUT2D eigenvalue weighted by Crippen LogP contribution is 2.32. The lowest BCUT2D eigenvalue weighted by atomic mass is 10.2. The SMILES string of the molecule is O=C(NN=C1SCC(=O)N1c1ccccc1Cl)c1ccc(S(=O)(=O)N2CCOCC2)cc1. The molecular weight excluding hydrogens is 476 g/mol. The van der Waals surface area contributed by atoms with E-state index < -0.39 is 15.9 Å². The Hall–Kier alpha value is -2.44. The van der Waals surface area contributed by atoms with Crippen LogP contribution in [-0.2, 0) is 19.6 Å². The van der Waals surface area contributed by atoms with E-state index in [9.17, 15) is 18.0 Å². The van der Waals surface area contributed by atoms with E-state index in [1.165, 1.54) is 45.2 Å². The molecule has 0 aliphatic carbocycles. The summed E-state index contributed by atoms with van der Waals surface area (Å²) in [7, 11) is -3.64. The summed E-state index contributed by atoms with van der Waals surface area (Å²) in [4.78, 5) is 26.3. The molecule has 1 N–H and O–H groups in total. The van der Waals surface area contributed by atoms with E-state index in [0.29, 0.717) is 42.2 Å². The number of anilines is 1. The molecule has 0 saturated carbocycles. The topological polar surface area (TPSA) is 108 Å². The van der Waals surface area contributed by atoms with Crippen LogP contribution in [0.1, 0.15) is 10.4 Å². The Morgan fingerprint density at radius 3 is 2.47 bits per heavy atom. The number of ether oxygens (including phenoxy) is 1. The maximum absolute atomic E-state index is 12.7. The zero-order chi connectivity index (χ0) is 22.7. The number of hydrogen-bond acceptors (Lipinski definition) is 7. The van der Waals surface area contributed by atoms with Crippen LogP contribution in [0.3, 0.4) is 0 Å². The van der Waals surface area contributed by atoms with Crippen LogP contribution in [0.15, 0.2) is 58.5 Å². The number of amides is 2. The first-order chi connectivity index (χ1) is 15.4. The summed E-state index contributed by atoms with van der Waals surface area (Å²) in [6.07, 6.45) is 0. The van der Waals surface area contributed by atoms with Crippen LogP contribution >= 0.6 is 23.4 Å². The molecular formula is C20H19ClN4O5S2. The summed E-state index contributed by atoms with van der Waals surface area (Å²) in [5.74, 6) is -0.561. The number of para-hydroxylation sites is 1. The molecule has 0 unspecified atom stereocenters. The Labute approximate surface area is 194 Å². The number of rotatable bonds is 5. The molecule has 4 rings (SSSR count). The molecule has 32 heavy (non-hydrogen) atoms. The second kappa shape index (κ2) is 9.59. The van der Waals surface area contributed by atoms with Crippen molar-refractivity contribution >= 4 is 56.1 Å². The van der Waals surface area contributed by atoms with E-state index in [1.807, 2.05) is 0 Å². The van der Waals surface area contributed by atoms with Gasteiger partial charge in [-0.25, -0.2) is 13.8 Å². The van der Waals surface area contributed by atoms with Crippen molar-refractivity contribution in [1.82, 2.24) is 9.73 Å². The van der Waals surface area contributed by atoms with Gasteiger partial charge in [-0.1, -0.05) is 35.5 Å². The van der Waals surface area contributed by atoms with Gasteiger partial charge in [-0.05, 0) is 36.4 Å². The van der Waals surface area contributed by atoms with Crippen LogP contribution in [0.5, 0.6) is 0 Å². The number of halogens is 1. The fourth-order valence-corrected chi connectivity index (χ4v) is 5.64. The molecule has 2 amide bonds. The quantitative estimate of drug-likeness (QED) is 0.638. The molecule has 2 fully saturated rings. The van der Waals surface area contributed by atoms with Gasteiger partial charge < -0.3 is 4.74 Å². The van der Waals surface area contributed by atoms with Crippen molar-refractivity contribution in [3.63, 3.8) is 0 Å². The third-order valence-corrected chi connectivity index (χ3v) is 7.99. The second-order valence-corrected chi connectivity index (χ2v) is 10.1. The normalized spacial score (nSPS) is 18.8. The van der Waals surface area contributed by atoms with E-state index in [0.717, 1.165) is 0 Å². The Kier molecular flexibility index (Phi) is 6.82. The monoisotopic (exact) mass is 494 g/mol. The van der Waals surface area contributed by atoms with Gasteiger partial charge in [0.25, 0.3) is 5.91 Å². The minimum atomic E-state index is -3.64. The number of thioether (sulfide) groups is 1. The van der Waals surface area contributed by atoms with Crippen molar-refractivity contribution in [3.8, 4) is 0 Å². The van der Waals surface area contributed by atoms with Crippen LogP contribution in [-0.4, -0.2) is 61.8 Å². The third kappa shape index (κ3) is 4.66. The van der Waals surface area contributed by atoms with E-state index in [4.69, 9.17) is 16.3 Å². The number of amidine groups is 1. The first kappa shape index (κ1) is 22.7. The van der Waals surface area contributed by atoms with Crippen molar-refractivity contribution in [2.75, 3.05) is 37.0 Å². The van der Waals surface area contributed by atoms with E-state index in [2.05, 4.69) is 10.5 Å². The predicted molar refractivity (Wildman–Crippen MR) is 122 cm³/mol. The van der Waals surface area contributed by atoms with Crippen LogP contribution in [0.4, 0.5) is 5.69 Å². The number of nitrogens with one attached hydrogen (secondary N) is 1. The van der Waals surface area contributed by atoms with Crippen molar-refractivity contribution in [3.05, 3.63) is 59.1 Å². The van der Waals surface area contributed by atoms with Crippen LogP contribution in [0, 0.1) is 0 Å². The maximum atomic E-state index is 12.7. The maximum Gasteiger partial charge on any atom is 0.271 e. The Morgan fingerprint density at radius 1 is 1.09 bits per heavy atom. The molecule has 0 aromatic heterocycles. The summed E-state index contributed by atoms with van der Waals surface area (Å²) >= 11 is 7.38. The Bertz CT molecular complexity index is 1160. The Morgan fingerprint density at radius 2 is 1.78 bits per heavy atom. The van der Waals surface area contributed by atoms with Crippen LogP contribution in [0.25, 0.3) is 0 Å². The second-order valence-electron chi connectivity index (χ2n) is 6.85. The molecule has 2 aliphatic rings. The van der Waals surface area contributed by atoms with Gasteiger partial charge >= 0.3 is 0 Å². The smallest absolute Gasteiger partial charge is 0.271 e. The predicted octanol–water partition coefficient (Wildman–Crippen LogP) is 2.14. The molecule has 2 aromatic carbocycles. The minimum Gasteiger partial charge on any atom is -0.379 e. The number of morpholine rings is 1. The zero-order valence-corrected chi connectivity index (χ0v) is 19.1. The van der Waals surface area contributed by atoms with Gasteiger partial charge in [0.1, 0.15) is 0 Å². The van der Waals surface area contributed by atoms with Gasteiger partial charge in [-0.15, -0.1) is 5.10 Å². The van der Waals surface area contributed by atoms with Crippen LogP contribution < -0.4 is 10.3 Å². The lowest BCUT2D eigenvalue weighted by molar-refractivity contribution is -0.115. The van der Waals surface area contributed by atoms with Gasteiger partial charge in [-0.3, -0.25) is 14.5 Å². The third-order valence-electron chi connectivity index (χ3n) is 4.84. The molecule has 12 heteroatoms. The average molecular weight is 495 g/mol. The summed E-state index contributed by atoms with van der Waals surface area (Å²) in [6.45, 7) is 1.29. The number of hydrazone groups is 1. The first-order valence-electron chi connectivity index (χ1n) is 9.64. The van der Waals surface area contributed by atoms with Gasteiger partial charge in [0.05, 0.1) is 34.6 Å². The summed E-state index contributed by atoms with van der Waals surface area (Å²) in [5.41, 5.74) is 3.13. The molecule has 2 saturated heterocycles. The number of sulfonamides is 1. The molecule has 2 heterocycles. The van der Waals surface area contributed by atoms with Crippen molar-refractivity contribution < 1.29 is 22.7 Å². The lowest BCUT2D eigenvalue weighted by Gasteiger charge is -2.26. The minimum absolute atomic E-state index is 0.101. The fraction of sp³-hybridized carbons (Fsp3) is 0.250. The number of carbonyl (C=O) groups excluding carboxylic acids is 2. The summed E-state index contributed by atoms with van der Waals surface area (Å²) < 4.78 is 31.9. The number of nitrogens with zero attached hydrogens (tertiary/aromatic N) is 3. The van der Waals surface area contributed by atoms with Crippen molar-refractivity contribution in [1.29, 1.82) is 0 Å². The largest absolute Gasteiger partial charge is 0.379 e. The molecule has 9 nitrogen and oxygen atoms in total. The van der Waals surface area contributed by atoms with Crippen molar-refractivity contribution in [2.45, 2.75) is 4.90 Å². The van der Waals surface area contributed by atoms with E-state index in [-0.39, 0.29) is 22.1 Å². The summed E-state index contributed by atoms with van der Waals surface area (Å²) in [5, 5.41) is 4.76. The molecule has 2 aliphatic heterocycles. The van der Waals surface area contributed by atoms with Gasteiger partial charge in [0.15, 0.2) is 5.17 Å². The zero-order valence-electron chi connectivity index (χ0n) is 16.7. The average Bonchev–Trinajstić information content (AvgIpc) is 3.18. The first-order valence-corrected chi connectivity index (χ1v) is 12.4. The van der Waals surface area contributed by atoms with Gasteiger partial charge in [-0.2, -0.15) is 4.31 Å². The van der Waals surface area contributed by atoms with Crippen molar-refractivity contribution in [2.24, 2.45) is 5.10 Å². The van der Waals surface area contributed by atoms with E-state index in [1.54, 1.807) is 24.3 Å². The standard InChI is InChI=1S/C20H19ClN4O5S2/c21-16-3-1-2-4-17(16)25-18(26)13-31-20(25)23-22-19(27)14-5-7-15(8-6-14)32(28,29)24-9-11-30-12-10-24/h1-8H,9-13H2,(H,22,27). The fourth-order valence-electron chi connectivity index (χ4n) is 3.19. The molecule has 0 spiro atoms. The number of hydrogen-bond donors (Lipinski definition) is 1.